The van der Waals surface area contributed by atoms with Gasteiger partial charge in [0, 0.05) is 0 Å². The van der Waals surface area contributed by atoms with Crippen LogP contribution in [0.4, 0.5) is 0 Å². The number of methoxy groups -OCH3 is 1. The smallest absolute Gasteiger partial charge is 0.308 e. The molecule has 186 valence electrons. The van der Waals surface area contributed by atoms with E-state index < -0.39 is 23.8 Å². The fraction of sp³-hybridized carbons (Fsp3) is 0.345. The largest absolute Gasteiger partial charge is 0.493 e. The molecule has 36 heavy (non-hydrogen) atoms. The quantitative estimate of drug-likeness (QED) is 0.310. The number of rotatable bonds is 8. The van der Waals surface area contributed by atoms with E-state index in [9.17, 15) is 14.4 Å². The van der Waals surface area contributed by atoms with Gasteiger partial charge in [-0.2, -0.15) is 0 Å². The second-order valence-corrected chi connectivity index (χ2v) is 9.18. The van der Waals surface area contributed by atoms with Crippen LogP contribution in [0.15, 0.2) is 54.6 Å². The Balaban J connectivity index is 1.55. The molecule has 2 amide bonds. The number of ether oxygens (including phenoxy) is 3. The highest BCUT2D eigenvalue weighted by Gasteiger charge is 2.42. The van der Waals surface area contributed by atoms with E-state index in [0.717, 1.165) is 36.5 Å². The first kappa shape index (κ1) is 23.9. The van der Waals surface area contributed by atoms with Gasteiger partial charge in [-0.25, -0.2) is 0 Å². The lowest BCUT2D eigenvalue weighted by molar-refractivity contribution is -0.144. The Hall–Kier alpha value is -3.87. The molecule has 3 aromatic rings. The van der Waals surface area contributed by atoms with Crippen molar-refractivity contribution < 1.29 is 28.6 Å². The van der Waals surface area contributed by atoms with Crippen molar-refractivity contribution in [2.24, 2.45) is 0 Å². The van der Waals surface area contributed by atoms with E-state index in [2.05, 4.69) is 0 Å². The number of hydrogen-bond acceptors (Lipinski definition) is 6. The third-order valence-corrected chi connectivity index (χ3v) is 6.93. The van der Waals surface area contributed by atoms with Gasteiger partial charge in [0.05, 0.1) is 43.4 Å². The molecule has 7 nitrogen and oxygen atoms in total. The van der Waals surface area contributed by atoms with Crippen LogP contribution in [-0.4, -0.2) is 42.5 Å². The second-order valence-electron chi connectivity index (χ2n) is 9.18. The molecule has 0 radical (unpaired) electrons. The number of carbonyl (C=O) groups excluding carboxylic acids is 3. The third kappa shape index (κ3) is 4.41. The molecule has 3 aromatic carbocycles. The molecule has 5 rings (SSSR count). The highest BCUT2D eigenvalue weighted by molar-refractivity contribution is 6.23. The lowest BCUT2D eigenvalue weighted by Gasteiger charge is -2.27. The van der Waals surface area contributed by atoms with E-state index in [1.807, 2.05) is 24.3 Å². The molecule has 1 atom stereocenters. The van der Waals surface area contributed by atoms with E-state index >= 15 is 0 Å². The number of amides is 2. The number of carbonyl (C=O) groups is 3. The van der Waals surface area contributed by atoms with Crippen LogP contribution in [0.25, 0.3) is 10.8 Å². The number of imide groups is 1. The van der Waals surface area contributed by atoms with Gasteiger partial charge in [0.25, 0.3) is 11.8 Å². The molecule has 0 spiro atoms. The maximum atomic E-state index is 13.6. The van der Waals surface area contributed by atoms with Gasteiger partial charge in [-0.15, -0.1) is 0 Å². The van der Waals surface area contributed by atoms with Gasteiger partial charge in [-0.1, -0.05) is 30.3 Å². The highest BCUT2D eigenvalue weighted by atomic mass is 16.5. The monoisotopic (exact) mass is 487 g/mol. The van der Waals surface area contributed by atoms with E-state index in [1.165, 1.54) is 4.90 Å². The second kappa shape index (κ2) is 10.0. The molecule has 7 heteroatoms. The van der Waals surface area contributed by atoms with Gasteiger partial charge in [-0.3, -0.25) is 19.3 Å². The van der Waals surface area contributed by atoms with Crippen molar-refractivity contribution in [3.05, 3.63) is 71.3 Å². The molecule has 2 aliphatic rings. The topological polar surface area (TPSA) is 82.1 Å². The molecule has 0 N–H and O–H groups in total. The zero-order chi connectivity index (χ0) is 25.2. The maximum Gasteiger partial charge on any atom is 0.308 e. The molecule has 1 saturated carbocycles. The Bertz CT molecular complexity index is 1270. The maximum absolute atomic E-state index is 13.6. The number of fused-ring (bicyclic) bond motifs is 2. The van der Waals surface area contributed by atoms with Crippen LogP contribution in [0, 0.1) is 0 Å². The summed E-state index contributed by atoms with van der Waals surface area (Å²) < 4.78 is 17.0. The van der Waals surface area contributed by atoms with Gasteiger partial charge in [-0.05, 0) is 73.2 Å². The summed E-state index contributed by atoms with van der Waals surface area (Å²) in [6.07, 6.45) is 4.08. The molecule has 0 bridgehead atoms. The zero-order valence-electron chi connectivity index (χ0n) is 20.5. The molecule has 1 unspecified atom stereocenters. The molecule has 0 aromatic heterocycles. The Morgan fingerprint density at radius 2 is 1.58 bits per heavy atom. The van der Waals surface area contributed by atoms with E-state index in [4.69, 9.17) is 14.2 Å². The van der Waals surface area contributed by atoms with Crippen molar-refractivity contribution in [3.63, 3.8) is 0 Å². The van der Waals surface area contributed by atoms with Crippen LogP contribution < -0.4 is 9.47 Å². The van der Waals surface area contributed by atoms with Crippen LogP contribution in [0.1, 0.15) is 71.3 Å². The van der Waals surface area contributed by atoms with Gasteiger partial charge in [0.2, 0.25) is 0 Å². The fourth-order valence-corrected chi connectivity index (χ4v) is 5.14. The van der Waals surface area contributed by atoms with Gasteiger partial charge in [0.15, 0.2) is 11.5 Å². The first-order valence-corrected chi connectivity index (χ1v) is 12.4. The van der Waals surface area contributed by atoms with E-state index in [1.54, 1.807) is 44.4 Å². The van der Waals surface area contributed by atoms with E-state index in [0.29, 0.717) is 28.2 Å². The van der Waals surface area contributed by atoms with Gasteiger partial charge in [0.1, 0.15) is 0 Å². The summed E-state index contributed by atoms with van der Waals surface area (Å²) in [7, 11) is 1.57. The van der Waals surface area contributed by atoms with Crippen molar-refractivity contribution in [2.45, 2.75) is 51.2 Å². The molecule has 1 aliphatic heterocycles. The SMILES string of the molecule is CCOC(=O)CC(c1ccc(OC)c(OC2CCCC2)c1)N1C(=O)c2cc3ccccc3cc2C1=O. The molecule has 1 heterocycles. The summed E-state index contributed by atoms with van der Waals surface area (Å²) in [4.78, 5) is 41.0. The van der Waals surface area contributed by atoms with Crippen molar-refractivity contribution in [2.75, 3.05) is 13.7 Å². The fourth-order valence-electron chi connectivity index (χ4n) is 5.14. The lowest BCUT2D eigenvalue weighted by atomic mass is 10.0. The van der Waals surface area contributed by atoms with E-state index in [-0.39, 0.29) is 19.1 Å². The van der Waals surface area contributed by atoms with Gasteiger partial charge >= 0.3 is 5.97 Å². The first-order chi connectivity index (χ1) is 17.5. The predicted octanol–water partition coefficient (Wildman–Crippen LogP) is 5.46. The van der Waals surface area contributed by atoms with Crippen LogP contribution in [0.3, 0.4) is 0 Å². The summed E-state index contributed by atoms with van der Waals surface area (Å²) in [6.45, 7) is 1.93. The summed E-state index contributed by atoms with van der Waals surface area (Å²) >= 11 is 0. The van der Waals surface area contributed by atoms with Crippen molar-refractivity contribution in [1.82, 2.24) is 4.90 Å². The third-order valence-electron chi connectivity index (χ3n) is 6.93. The normalized spacial score (nSPS) is 16.3. The van der Waals surface area contributed by atoms with Crippen molar-refractivity contribution >= 4 is 28.6 Å². The summed E-state index contributed by atoms with van der Waals surface area (Å²) in [5.74, 6) is -0.237. The Kier molecular flexibility index (Phi) is 6.63. The minimum atomic E-state index is -0.851. The van der Waals surface area contributed by atoms with Crippen LogP contribution in [-0.2, 0) is 9.53 Å². The minimum Gasteiger partial charge on any atom is -0.493 e. The standard InChI is InChI=1S/C29H29NO6/c1-3-35-27(31)17-24(20-12-13-25(34-2)26(16-20)36-21-10-6-7-11-21)30-28(32)22-14-18-8-4-5-9-19(18)15-23(22)29(30)33/h4-5,8-9,12-16,21,24H,3,6-7,10-11,17H2,1-2H3. The summed E-state index contributed by atoms with van der Waals surface area (Å²) in [6, 6.07) is 15.5. The van der Waals surface area contributed by atoms with Gasteiger partial charge < -0.3 is 14.2 Å². The number of hydrogen-bond donors (Lipinski definition) is 0. The summed E-state index contributed by atoms with van der Waals surface area (Å²) in [5.41, 5.74) is 1.28. The molecular formula is C29H29NO6. The molecule has 0 saturated heterocycles. The summed E-state index contributed by atoms with van der Waals surface area (Å²) in [5, 5.41) is 1.75. The molecule has 1 aliphatic carbocycles. The highest BCUT2D eigenvalue weighted by Crippen LogP contribution is 2.39. The van der Waals surface area contributed by atoms with Crippen molar-refractivity contribution in [1.29, 1.82) is 0 Å². The minimum absolute atomic E-state index is 0.0874. The Labute approximate surface area is 209 Å². The number of benzene rings is 3. The van der Waals surface area contributed by atoms with Crippen LogP contribution in [0.2, 0.25) is 0 Å². The average Bonchev–Trinajstić information content (AvgIpc) is 3.48. The number of esters is 1. The first-order valence-electron chi connectivity index (χ1n) is 12.4. The number of nitrogens with zero attached hydrogens (tertiary/aromatic N) is 1. The van der Waals surface area contributed by atoms with Crippen molar-refractivity contribution in [3.8, 4) is 11.5 Å². The van der Waals surface area contributed by atoms with Crippen LogP contribution >= 0.6 is 0 Å². The lowest BCUT2D eigenvalue weighted by Crippen LogP contribution is -2.35. The van der Waals surface area contributed by atoms with Crippen LogP contribution in [0.5, 0.6) is 11.5 Å². The average molecular weight is 488 g/mol. The molecular weight excluding hydrogens is 458 g/mol. The molecule has 1 fully saturated rings. The Morgan fingerprint density at radius 3 is 2.17 bits per heavy atom. The predicted molar refractivity (Wildman–Crippen MR) is 134 cm³/mol. The Morgan fingerprint density at radius 1 is 0.944 bits per heavy atom. The zero-order valence-corrected chi connectivity index (χ0v) is 20.5.